The number of dihydropyridines is 3. The summed E-state index contributed by atoms with van der Waals surface area (Å²) >= 11 is 29.1. The maximum atomic E-state index is 13.0. The Kier molecular flexibility index (Phi) is 50.1. The molecule has 1 radical (unpaired) electrons. The van der Waals surface area contributed by atoms with Gasteiger partial charge in [-0.2, -0.15) is 5.48 Å². The van der Waals surface area contributed by atoms with E-state index in [4.69, 9.17) is 81.2 Å². The van der Waals surface area contributed by atoms with Gasteiger partial charge in [-0.3, -0.25) is 24.0 Å². The number of aliphatic imine (C=N–C) groups is 3. The van der Waals surface area contributed by atoms with Gasteiger partial charge in [-0.05, 0) is 183 Å². The number of hydrogen-bond donors (Lipinski definition) is 6. The third-order valence-electron chi connectivity index (χ3n) is 18.2. The Balaban J connectivity index is 0.000000266. The first-order valence-corrected chi connectivity index (χ1v) is 48.4. The summed E-state index contributed by atoms with van der Waals surface area (Å²) in [5, 5.41) is 26.3. The predicted octanol–water partition coefficient (Wildman–Crippen LogP) is 14.3. The minimum atomic E-state index is -0.300. The molecule has 7 N–H and O–H groups in total. The standard InChI is InChI=1S/C24H27ClN6O3.C20H19ClN4O3.C14H14ClNO2.C9H11ClO.C6H9N3O.C6H12O.C5H6N2O.2HI.2V/c1-34-21-8-6-16(12-19(21)25)5-7-20-18(23(33)28-14-22-26-9-3-10-27-22)13-29-24(30-20)31-11-2-4-17(31)15-32;1-28-17-6-4-13(9-16(17)21)3-5-14-10-19(26)24-11-15(14)20(27)25-12-18-22-7-2-8-23-18;1-18-13-5-4-10(8-12(13)15)2-3-11-6-7-16-14(17)9-11;1-3-7-4-5-9(11-2)8(10)6-7;1-10-9-5-6-7-3-2-4-8-6;7-5-6-3-1-2-4-6;6-4-1-2-7-5(8)3-4;;;;/h3,6,8-10,12-13,17,32H,2,4-5,7,11,14-15H2,1H3,(H,28,33);2,4,6-9,11H,3,5,10,12H2,1H3,(H,25,27);4-8H,2-3,9H2,1H3;4-6H,3H2,1-2H3;2-4,9H,5H2,1H3;6-7H,1-5H2;1-2H,3,6H2;2*1H;;/q;;;;;;;;;;+2/p-2/t17-;;;;;;;;;;/m0........../s1. The van der Waals surface area contributed by atoms with E-state index in [1.807, 2.05) is 77.7 Å². The van der Waals surface area contributed by atoms with Crippen LogP contribution in [0.5, 0.6) is 23.0 Å². The quantitative estimate of drug-likeness (QED) is 0.0217. The maximum absolute atomic E-state index is 13.0. The molecule has 1 atom stereocenters. The molecule has 4 aromatic heterocycles. The van der Waals surface area contributed by atoms with Crippen LogP contribution in [0.25, 0.3) is 0 Å². The van der Waals surface area contributed by atoms with Gasteiger partial charge in [-0.1, -0.05) is 96.0 Å². The minimum Gasteiger partial charge on any atom is 0 e. The number of ether oxygens (including phenoxy) is 4. The number of allylic oxidation sites excluding steroid dienone is 2. The fraction of sp³-hybridized carbons (Fsp3) is 0.357. The van der Waals surface area contributed by atoms with Crippen LogP contribution in [0.15, 0.2) is 184 Å². The number of anilines is 1. The predicted molar refractivity (Wildman–Crippen MR) is 477 cm³/mol. The number of aliphatic hydroxyl groups excluding tert-OH is 2. The average molecular weight is 2020 g/mol. The number of nitrogens with two attached hydrogens (primary N) is 1. The number of amides is 5. The van der Waals surface area contributed by atoms with Gasteiger partial charge >= 0.3 is 49.4 Å². The third-order valence-corrected chi connectivity index (χ3v) is 19.4. The fourth-order valence-corrected chi connectivity index (χ4v) is 13.0. The van der Waals surface area contributed by atoms with Crippen molar-refractivity contribution in [3.63, 3.8) is 0 Å². The summed E-state index contributed by atoms with van der Waals surface area (Å²) in [7, 11) is 8.54. The van der Waals surface area contributed by atoms with E-state index in [0.29, 0.717) is 138 Å². The number of benzene rings is 4. The molecule has 2 fully saturated rings. The summed E-state index contributed by atoms with van der Waals surface area (Å²) in [5.74, 6) is 4.50. The molecule has 1 saturated carbocycles. The Morgan fingerprint density at radius 2 is 1.00 bits per heavy atom. The number of nitrogens with one attached hydrogen (secondary N) is 3. The maximum Gasteiger partial charge on any atom is 0 e. The molecule has 0 spiro atoms. The fourth-order valence-electron chi connectivity index (χ4n) is 11.9. The molecule has 4 aliphatic heterocycles. The van der Waals surface area contributed by atoms with E-state index in [1.54, 1.807) is 115 Å². The van der Waals surface area contributed by atoms with Gasteiger partial charge in [0.2, 0.25) is 17.8 Å². The molecule has 638 valence electrons. The third kappa shape index (κ3) is 37.7. The van der Waals surface area contributed by atoms with Crippen molar-refractivity contribution in [1.29, 1.82) is 0 Å². The summed E-state index contributed by atoms with van der Waals surface area (Å²) in [5.41, 5.74) is 16.2. The molecule has 36 heteroatoms. The average Bonchev–Trinajstić information content (AvgIpc) is 1.37. The molecular weight excluding hydrogens is 1920 g/mol. The van der Waals surface area contributed by atoms with Crippen LogP contribution in [0.3, 0.4) is 0 Å². The second-order valence-electron chi connectivity index (χ2n) is 26.3. The van der Waals surface area contributed by atoms with Crippen molar-refractivity contribution in [2.75, 3.05) is 60.2 Å². The van der Waals surface area contributed by atoms with Crippen LogP contribution in [0.2, 0.25) is 20.1 Å². The van der Waals surface area contributed by atoms with Crippen LogP contribution in [0, 0.1) is 5.92 Å². The number of aliphatic hydroxyl groups is 2. The Labute approximate surface area is 760 Å². The van der Waals surface area contributed by atoms with Gasteiger partial charge in [-0.15, -0.1) is 0 Å². The smallest absolute Gasteiger partial charge is 0 e. The van der Waals surface area contributed by atoms with E-state index >= 15 is 0 Å². The molecule has 1 aliphatic carbocycles. The van der Waals surface area contributed by atoms with Crippen LogP contribution >= 0.6 is 86.4 Å². The van der Waals surface area contributed by atoms with Gasteiger partial charge in [0.25, 0.3) is 17.7 Å². The van der Waals surface area contributed by atoms with Crippen molar-refractivity contribution in [2.45, 2.75) is 135 Å². The molecule has 28 nitrogen and oxygen atoms in total. The first-order chi connectivity index (χ1) is 57.7. The van der Waals surface area contributed by atoms with Crippen LogP contribution in [-0.4, -0.2) is 160 Å². The SMILES string of the molecule is CCc1ccc(OC)c(Cl)c1.CONCc1ncccn1.COc1ccc(CCC2=C(C(=O)NCc3ncccn3)C=NC(=O)C2)cc1Cl.COc1ccc(CCC2=CC=NC(=O)C2)cc1Cl.COc1ccc(CCc2nc(N3CCC[C@H]3CO)ncc2C(=O)NCc2ncccn2)cc1Cl.NC1=CC=NC(=O)C1.OCC1CCCC1.[I][V][I].[V]. The van der Waals surface area contributed by atoms with E-state index in [-0.39, 0.29) is 86.7 Å². The molecule has 4 aromatic carbocycles. The van der Waals surface area contributed by atoms with Crippen molar-refractivity contribution in [2.24, 2.45) is 26.6 Å². The Hall–Kier alpha value is -8.19. The topological polar surface area (TPSA) is 378 Å². The molecule has 0 bridgehead atoms. The van der Waals surface area contributed by atoms with Gasteiger partial charge in [0, 0.05) is 99.4 Å². The second-order valence-corrected chi connectivity index (χ2v) is 39.7. The summed E-state index contributed by atoms with van der Waals surface area (Å²) in [6.45, 7) is 4.27. The van der Waals surface area contributed by atoms with Crippen LogP contribution in [-0.2, 0) is 104 Å². The van der Waals surface area contributed by atoms with Gasteiger partial charge in [0.1, 0.15) is 40.5 Å². The van der Waals surface area contributed by atoms with E-state index in [9.17, 15) is 29.1 Å². The van der Waals surface area contributed by atoms with Crippen molar-refractivity contribution in [1.82, 2.24) is 56.0 Å². The number of rotatable bonds is 26. The Morgan fingerprint density at radius 1 is 0.550 bits per heavy atom. The first-order valence-electron chi connectivity index (χ1n) is 37.9. The summed E-state index contributed by atoms with van der Waals surface area (Å²) < 4.78 is 20.5. The van der Waals surface area contributed by atoms with Gasteiger partial charge in [-0.25, -0.2) is 54.8 Å². The Bertz CT molecular complexity index is 4720. The molecule has 8 aromatic rings. The second kappa shape index (κ2) is 58.7. The molecule has 8 heterocycles. The van der Waals surface area contributed by atoms with Crippen molar-refractivity contribution in [3.8, 4) is 23.0 Å². The minimum absolute atomic E-state index is 0. The largest absolute Gasteiger partial charge is 0 e. The number of halogens is 6. The summed E-state index contributed by atoms with van der Waals surface area (Å²) in [4.78, 5) is 110. The number of carbonyl (C=O) groups excluding carboxylic acids is 5. The number of nitrogens with zero attached hydrogens (tertiary/aromatic N) is 12. The molecule has 120 heavy (non-hydrogen) atoms. The van der Waals surface area contributed by atoms with Crippen molar-refractivity contribution in [3.05, 3.63) is 240 Å². The number of methoxy groups -OCH3 is 4. The monoisotopic (exact) mass is 2020 g/mol. The number of hydroxylamine groups is 1. The van der Waals surface area contributed by atoms with Crippen molar-refractivity contribution < 1.29 is 86.0 Å². The number of hydrogen-bond acceptors (Lipinski definition) is 23. The zero-order valence-electron chi connectivity index (χ0n) is 67.4. The molecule has 13 rings (SSSR count). The Morgan fingerprint density at radius 3 is 1.43 bits per heavy atom. The van der Waals surface area contributed by atoms with E-state index < -0.39 is 0 Å². The zero-order valence-corrected chi connectivity index (χ0v) is 77.5. The summed E-state index contributed by atoms with van der Waals surface area (Å²) in [6.07, 6.45) is 32.2. The van der Waals surface area contributed by atoms with Crippen LogP contribution in [0.1, 0.15) is 133 Å². The van der Waals surface area contributed by atoms with E-state index in [1.165, 1.54) is 43.7 Å². The first kappa shape index (κ1) is 102. The van der Waals surface area contributed by atoms with Crippen LogP contribution in [0.4, 0.5) is 5.95 Å². The number of aryl methyl sites for hydroxylation is 5. The number of carbonyl (C=O) groups is 5. The molecule has 1 saturated heterocycles. The van der Waals surface area contributed by atoms with Crippen molar-refractivity contribution >= 4 is 140 Å². The van der Waals surface area contributed by atoms with Gasteiger partial charge in [0.05, 0.1) is 124 Å². The van der Waals surface area contributed by atoms with Gasteiger partial charge < -0.3 is 55.3 Å². The normalized spacial score (nSPS) is 14.1. The van der Waals surface area contributed by atoms with Crippen LogP contribution < -0.4 is 45.7 Å². The van der Waals surface area contributed by atoms with E-state index in [0.717, 1.165) is 78.1 Å². The van der Waals surface area contributed by atoms with E-state index in [2.05, 4.69) is 118 Å². The zero-order chi connectivity index (χ0) is 86.1. The molecular formula is C84H98Cl4I2N16O12V2. The van der Waals surface area contributed by atoms with Gasteiger partial charge in [0.15, 0.2) is 0 Å². The number of aromatic nitrogens is 8. The molecule has 5 amide bonds. The molecule has 5 aliphatic rings. The summed E-state index contributed by atoms with van der Waals surface area (Å²) in [6, 6.07) is 28.0. The molecule has 0 unspecified atom stereocenters.